The van der Waals surface area contributed by atoms with Crippen LogP contribution in [0.4, 0.5) is 0 Å². The van der Waals surface area contributed by atoms with Crippen molar-refractivity contribution in [2.24, 2.45) is 16.6 Å². The molecule has 2 unspecified atom stereocenters. The fraction of sp³-hybridized carbons (Fsp3) is 0.769. The first-order valence-electron chi connectivity index (χ1n) is 6.95. The highest BCUT2D eigenvalue weighted by Gasteiger charge is 2.15. The Kier molecular flexibility index (Phi) is 9.95. The van der Waals surface area contributed by atoms with Gasteiger partial charge in [0.25, 0.3) is 0 Å². The van der Waals surface area contributed by atoms with Crippen LogP contribution in [0.15, 0.2) is 4.99 Å². The molecule has 0 saturated carbocycles. The van der Waals surface area contributed by atoms with E-state index in [0.29, 0.717) is 25.8 Å². The Morgan fingerprint density at radius 3 is 2.57 bits per heavy atom. The lowest BCUT2D eigenvalue weighted by Gasteiger charge is -2.15. The van der Waals surface area contributed by atoms with Gasteiger partial charge in [0.2, 0.25) is 0 Å². The number of aliphatic imine (C=N–C) groups is 1. The van der Waals surface area contributed by atoms with E-state index < -0.39 is 11.9 Å². The van der Waals surface area contributed by atoms with Gasteiger partial charge >= 0.3 is 5.97 Å². The maximum Gasteiger partial charge on any atom is 0.322 e. The molecule has 0 aliphatic carbocycles. The Labute approximate surface area is 125 Å². The van der Waals surface area contributed by atoms with Gasteiger partial charge in [-0.2, -0.15) is 0 Å². The number of carbonyl (C=O) groups excluding carboxylic acids is 2. The van der Waals surface area contributed by atoms with Gasteiger partial charge in [-0.3, -0.25) is 9.79 Å². The molecule has 2 atom stereocenters. The molecule has 21 heavy (non-hydrogen) atoms. The summed E-state index contributed by atoms with van der Waals surface area (Å²) in [6.45, 7) is 2.38. The van der Waals surface area contributed by atoms with Crippen molar-refractivity contribution in [3.8, 4) is 0 Å². The summed E-state index contributed by atoms with van der Waals surface area (Å²) < 4.78 is 4.65. The number of nitrogens with one attached hydrogen (secondary N) is 2. The molecule has 0 bridgehead atoms. The van der Waals surface area contributed by atoms with E-state index in [2.05, 4.69) is 20.4 Å². The summed E-state index contributed by atoms with van der Waals surface area (Å²) in [6, 6.07) is -0.350. The Balaban J connectivity index is 4.00. The largest absolute Gasteiger partial charge is 0.550 e. The van der Waals surface area contributed by atoms with E-state index in [1.54, 1.807) is 14.0 Å². The quantitative estimate of drug-likeness (QED) is 0.188. The average molecular weight is 301 g/mol. The van der Waals surface area contributed by atoms with Gasteiger partial charge in [-0.1, -0.05) is 6.92 Å². The van der Waals surface area contributed by atoms with Crippen LogP contribution in [-0.2, 0) is 14.3 Å². The molecular weight excluding hydrogens is 276 g/mol. The molecule has 0 aliphatic rings. The highest BCUT2D eigenvalue weighted by molar-refractivity contribution is 5.78. The molecule has 0 saturated heterocycles. The molecule has 4 N–H and O–H groups in total. The van der Waals surface area contributed by atoms with Crippen molar-refractivity contribution in [3.05, 3.63) is 0 Å². The smallest absolute Gasteiger partial charge is 0.322 e. The van der Waals surface area contributed by atoms with Crippen molar-refractivity contribution in [2.45, 2.75) is 32.2 Å². The lowest BCUT2D eigenvalue weighted by molar-refractivity contribution is -0.311. The third-order valence-electron chi connectivity index (χ3n) is 3.12. The summed E-state index contributed by atoms with van der Waals surface area (Å²) in [4.78, 5) is 26.0. The number of aliphatic carboxylic acids is 1. The first-order valence-corrected chi connectivity index (χ1v) is 6.95. The molecule has 0 rings (SSSR count). The maximum absolute atomic E-state index is 11.3. The monoisotopic (exact) mass is 301 g/mol. The van der Waals surface area contributed by atoms with Crippen LogP contribution in [0.1, 0.15) is 26.2 Å². The standard InChI is InChI=1S/C13H26N4O4/c1-4-9(11(18)19)8-17-13(14)16-7-5-6-10(15-2)12(20)21-3/h9-10,15H,4-8H2,1-3H3,(H,18,19)(H3,14,16,17)/p-1. The second kappa shape index (κ2) is 10.9. The van der Waals surface area contributed by atoms with Crippen molar-refractivity contribution < 1.29 is 19.4 Å². The minimum Gasteiger partial charge on any atom is -0.550 e. The molecule has 0 spiro atoms. The van der Waals surface area contributed by atoms with Crippen LogP contribution in [0.5, 0.6) is 0 Å². The van der Waals surface area contributed by atoms with E-state index in [0.717, 1.165) is 0 Å². The number of carboxylic acid groups (broad SMARTS) is 1. The molecule has 0 aromatic heterocycles. The number of likely N-dealkylation sites (N-methyl/N-ethyl adjacent to an activating group) is 1. The second-order valence-corrected chi connectivity index (χ2v) is 4.58. The minimum absolute atomic E-state index is 0.0962. The van der Waals surface area contributed by atoms with Crippen LogP contribution in [0.2, 0.25) is 0 Å². The predicted octanol–water partition coefficient (Wildman–Crippen LogP) is -1.79. The zero-order chi connectivity index (χ0) is 16.3. The van der Waals surface area contributed by atoms with Gasteiger partial charge in [0.05, 0.1) is 13.7 Å². The Morgan fingerprint density at radius 2 is 2.10 bits per heavy atom. The van der Waals surface area contributed by atoms with Crippen molar-refractivity contribution in [3.63, 3.8) is 0 Å². The number of ether oxygens (including phenoxy) is 1. The molecule has 0 radical (unpaired) electrons. The molecule has 0 amide bonds. The number of carboxylic acids is 1. The number of methoxy groups -OCH3 is 1. The molecule has 0 aromatic rings. The van der Waals surface area contributed by atoms with Crippen LogP contribution in [0.3, 0.4) is 0 Å². The summed E-state index contributed by atoms with van der Waals surface area (Å²) >= 11 is 0. The normalized spacial score (nSPS) is 14.3. The summed E-state index contributed by atoms with van der Waals surface area (Å²) in [5.74, 6) is -1.87. The Morgan fingerprint density at radius 1 is 1.43 bits per heavy atom. The number of esters is 1. The molecule has 0 fully saturated rings. The van der Waals surface area contributed by atoms with Gasteiger partial charge in [-0.05, 0) is 26.3 Å². The lowest BCUT2D eigenvalue weighted by Crippen LogP contribution is -2.38. The van der Waals surface area contributed by atoms with Gasteiger partial charge in [0.1, 0.15) is 6.04 Å². The molecule has 8 nitrogen and oxygen atoms in total. The fourth-order valence-electron chi connectivity index (χ4n) is 1.68. The first-order chi connectivity index (χ1) is 9.96. The Bertz CT molecular complexity index is 360. The average Bonchev–Trinajstić information content (AvgIpc) is 2.46. The minimum atomic E-state index is -1.12. The summed E-state index contributed by atoms with van der Waals surface area (Å²) in [5, 5.41) is 16.4. The number of hydrogen-bond donors (Lipinski definition) is 3. The highest BCUT2D eigenvalue weighted by atomic mass is 16.5. The van der Waals surface area contributed by atoms with E-state index in [4.69, 9.17) is 5.73 Å². The van der Waals surface area contributed by atoms with Gasteiger partial charge < -0.3 is 31.0 Å². The number of nitrogens with zero attached hydrogens (tertiary/aromatic N) is 1. The van der Waals surface area contributed by atoms with Gasteiger partial charge in [-0.25, -0.2) is 0 Å². The summed E-state index contributed by atoms with van der Waals surface area (Å²) in [6.07, 6.45) is 1.73. The van der Waals surface area contributed by atoms with Gasteiger partial charge in [-0.15, -0.1) is 0 Å². The Hall–Kier alpha value is -1.83. The number of hydrogen-bond acceptors (Lipinski definition) is 6. The van der Waals surface area contributed by atoms with Crippen molar-refractivity contribution >= 4 is 17.9 Å². The first kappa shape index (κ1) is 19.2. The van der Waals surface area contributed by atoms with Gasteiger partial charge in [0.15, 0.2) is 5.96 Å². The van der Waals surface area contributed by atoms with Crippen LogP contribution >= 0.6 is 0 Å². The number of nitrogens with two attached hydrogens (primary N) is 1. The topological polar surface area (TPSA) is 129 Å². The van der Waals surface area contributed by atoms with E-state index in [1.165, 1.54) is 7.11 Å². The summed E-state index contributed by atoms with van der Waals surface area (Å²) in [7, 11) is 3.03. The molecule has 0 aromatic carbocycles. The lowest BCUT2D eigenvalue weighted by atomic mass is 10.1. The fourth-order valence-corrected chi connectivity index (χ4v) is 1.68. The van der Waals surface area contributed by atoms with Crippen LogP contribution in [-0.4, -0.2) is 51.2 Å². The third-order valence-corrected chi connectivity index (χ3v) is 3.12. The third kappa shape index (κ3) is 8.13. The van der Waals surface area contributed by atoms with E-state index in [-0.39, 0.29) is 24.5 Å². The molecule has 8 heteroatoms. The number of guanidine groups is 1. The summed E-state index contributed by atoms with van der Waals surface area (Å²) in [5.41, 5.74) is 5.63. The zero-order valence-electron chi connectivity index (χ0n) is 12.8. The van der Waals surface area contributed by atoms with Crippen LogP contribution in [0.25, 0.3) is 0 Å². The van der Waals surface area contributed by atoms with Crippen LogP contribution < -0.4 is 21.5 Å². The SMILES string of the molecule is CCC(CN=C(N)NCCCC(NC)C(=O)OC)C(=O)[O-]. The van der Waals surface area contributed by atoms with E-state index in [1.807, 2.05) is 0 Å². The van der Waals surface area contributed by atoms with E-state index >= 15 is 0 Å². The van der Waals surface area contributed by atoms with Crippen molar-refractivity contribution in [1.29, 1.82) is 0 Å². The van der Waals surface area contributed by atoms with Crippen LogP contribution in [0, 0.1) is 5.92 Å². The van der Waals surface area contributed by atoms with Crippen molar-refractivity contribution in [2.75, 3.05) is 27.2 Å². The number of rotatable bonds is 10. The van der Waals surface area contributed by atoms with Crippen molar-refractivity contribution in [1.82, 2.24) is 10.6 Å². The number of carbonyl (C=O) groups is 2. The van der Waals surface area contributed by atoms with Gasteiger partial charge in [0, 0.05) is 18.4 Å². The zero-order valence-corrected chi connectivity index (χ0v) is 12.8. The molecule has 0 aliphatic heterocycles. The molecular formula is C13H25N4O4-. The van der Waals surface area contributed by atoms with E-state index in [9.17, 15) is 14.7 Å². The molecule has 0 heterocycles. The predicted molar refractivity (Wildman–Crippen MR) is 77.4 cm³/mol. The highest BCUT2D eigenvalue weighted by Crippen LogP contribution is 2.01. The second-order valence-electron chi connectivity index (χ2n) is 4.58. The maximum atomic E-state index is 11.3. The molecule has 122 valence electrons.